The minimum Gasteiger partial charge on any atom is -0.467 e. The molecule has 4 nitrogen and oxygen atoms in total. The maximum Gasteiger partial charge on any atom is 0.436 e. The summed E-state index contributed by atoms with van der Waals surface area (Å²) in [5.74, 6) is -0.638. The van der Waals surface area contributed by atoms with Crippen LogP contribution in [0.1, 0.15) is 24.4 Å². The van der Waals surface area contributed by atoms with Crippen molar-refractivity contribution in [3.8, 4) is 0 Å². The van der Waals surface area contributed by atoms with E-state index in [0.717, 1.165) is 4.68 Å². The minimum absolute atomic E-state index is 0.00847. The Hall–Kier alpha value is -0.800. The van der Waals surface area contributed by atoms with Crippen molar-refractivity contribution in [3.63, 3.8) is 0 Å². The van der Waals surface area contributed by atoms with Gasteiger partial charge in [0.25, 0.3) is 0 Å². The fourth-order valence-electron chi connectivity index (χ4n) is 1.33. The highest BCUT2D eigenvalue weighted by molar-refractivity contribution is 14.1. The average molecular weight is 362 g/mol. The molecule has 0 fully saturated rings. The molecule has 96 valence electrons. The fraction of sp³-hybridized carbons (Fsp3) is 0.556. The van der Waals surface area contributed by atoms with Gasteiger partial charge in [-0.2, -0.15) is 18.3 Å². The summed E-state index contributed by atoms with van der Waals surface area (Å²) in [5.41, 5.74) is -0.692. The Morgan fingerprint density at radius 3 is 2.41 bits per heavy atom. The lowest BCUT2D eigenvalue weighted by molar-refractivity contribution is -0.146. The Bertz CT molecular complexity index is 442. The predicted molar refractivity (Wildman–Crippen MR) is 61.4 cm³/mol. The Morgan fingerprint density at radius 2 is 2.06 bits per heavy atom. The number of aromatic nitrogens is 2. The van der Waals surface area contributed by atoms with Gasteiger partial charge in [-0.15, -0.1) is 0 Å². The number of methoxy groups -OCH3 is 1. The number of alkyl halides is 3. The number of hydrogen-bond acceptors (Lipinski definition) is 3. The maximum atomic E-state index is 12.6. The topological polar surface area (TPSA) is 44.1 Å². The van der Waals surface area contributed by atoms with Crippen molar-refractivity contribution in [2.75, 3.05) is 7.11 Å². The highest BCUT2D eigenvalue weighted by Crippen LogP contribution is 2.34. The predicted octanol–water partition coefficient (Wildman–Crippen LogP) is 2.55. The average Bonchev–Trinajstić information content (AvgIpc) is 2.53. The number of hydrogen-bond donors (Lipinski definition) is 0. The molecule has 0 unspecified atom stereocenters. The van der Waals surface area contributed by atoms with Crippen LogP contribution >= 0.6 is 22.6 Å². The quantitative estimate of drug-likeness (QED) is 0.600. The van der Waals surface area contributed by atoms with E-state index >= 15 is 0 Å². The van der Waals surface area contributed by atoms with E-state index in [1.54, 1.807) is 22.6 Å². The first kappa shape index (κ1) is 14.3. The third-order valence-electron chi connectivity index (χ3n) is 2.25. The third kappa shape index (κ3) is 2.72. The van der Waals surface area contributed by atoms with Gasteiger partial charge in [-0.25, -0.2) is 4.79 Å². The Morgan fingerprint density at radius 1 is 1.53 bits per heavy atom. The van der Waals surface area contributed by atoms with E-state index < -0.39 is 23.9 Å². The first-order valence-corrected chi connectivity index (χ1v) is 5.67. The normalized spacial score (nSPS) is 13.6. The molecular formula is C9H10F3IN2O2. The Labute approximate surface area is 109 Å². The van der Waals surface area contributed by atoms with Crippen molar-refractivity contribution in [3.05, 3.63) is 15.0 Å². The summed E-state index contributed by atoms with van der Waals surface area (Å²) < 4.78 is 43.3. The number of carbonyl (C=O) groups is 1. The lowest BCUT2D eigenvalue weighted by Gasteiger charge is -2.11. The van der Waals surface area contributed by atoms with Crippen molar-refractivity contribution in [1.82, 2.24) is 9.78 Å². The van der Waals surface area contributed by atoms with Crippen LogP contribution in [0, 0.1) is 10.5 Å². The molecule has 0 saturated heterocycles. The van der Waals surface area contributed by atoms with Gasteiger partial charge in [0.05, 0.1) is 16.4 Å². The zero-order valence-corrected chi connectivity index (χ0v) is 11.5. The van der Waals surface area contributed by atoms with Crippen LogP contribution in [0.15, 0.2) is 0 Å². The van der Waals surface area contributed by atoms with Crippen LogP contribution in [0.2, 0.25) is 0 Å². The summed E-state index contributed by atoms with van der Waals surface area (Å²) in [6, 6.07) is -0.885. The molecule has 1 aromatic rings. The van der Waals surface area contributed by atoms with Gasteiger partial charge in [-0.05, 0) is 36.4 Å². The van der Waals surface area contributed by atoms with Crippen LogP contribution < -0.4 is 0 Å². The summed E-state index contributed by atoms with van der Waals surface area (Å²) in [6.45, 7) is 2.91. The van der Waals surface area contributed by atoms with Gasteiger partial charge in [0, 0.05) is 0 Å². The van der Waals surface area contributed by atoms with Gasteiger partial charge in [0.1, 0.15) is 6.04 Å². The zero-order valence-electron chi connectivity index (χ0n) is 9.30. The zero-order chi connectivity index (χ0) is 13.4. The summed E-state index contributed by atoms with van der Waals surface area (Å²) in [5, 5.41) is 3.43. The van der Waals surface area contributed by atoms with Gasteiger partial charge in [0.2, 0.25) is 0 Å². The number of carbonyl (C=O) groups excluding carboxylic acids is 1. The van der Waals surface area contributed by atoms with Crippen molar-refractivity contribution < 1.29 is 22.7 Å². The molecule has 1 heterocycles. The van der Waals surface area contributed by atoms with E-state index in [9.17, 15) is 18.0 Å². The molecule has 0 bridgehead atoms. The summed E-state index contributed by atoms with van der Waals surface area (Å²) in [7, 11) is 1.17. The SMILES string of the molecule is COC(=O)[C@@H](C)n1nc(C(F)(F)F)c(I)c1C. The molecular weight excluding hydrogens is 352 g/mol. The van der Waals surface area contributed by atoms with Gasteiger partial charge in [-0.3, -0.25) is 4.68 Å². The molecule has 0 saturated carbocycles. The lowest BCUT2D eigenvalue weighted by atomic mass is 10.3. The van der Waals surface area contributed by atoms with Crippen molar-refractivity contribution in [2.45, 2.75) is 26.1 Å². The van der Waals surface area contributed by atoms with Crippen LogP contribution in [0.3, 0.4) is 0 Å². The van der Waals surface area contributed by atoms with Gasteiger partial charge in [-0.1, -0.05) is 0 Å². The molecule has 0 spiro atoms. The fourth-order valence-corrected chi connectivity index (χ4v) is 1.99. The minimum atomic E-state index is -4.53. The van der Waals surface area contributed by atoms with E-state index in [-0.39, 0.29) is 9.26 Å². The van der Waals surface area contributed by atoms with Gasteiger partial charge in [0.15, 0.2) is 5.69 Å². The molecule has 0 aromatic carbocycles. The summed E-state index contributed by atoms with van der Waals surface area (Å²) >= 11 is 1.56. The first-order valence-electron chi connectivity index (χ1n) is 4.59. The molecule has 0 radical (unpaired) electrons. The van der Waals surface area contributed by atoms with Crippen molar-refractivity contribution in [1.29, 1.82) is 0 Å². The van der Waals surface area contributed by atoms with E-state index in [2.05, 4.69) is 9.84 Å². The Balaban J connectivity index is 3.25. The maximum absolute atomic E-state index is 12.6. The first-order chi connectivity index (χ1) is 7.70. The molecule has 17 heavy (non-hydrogen) atoms. The smallest absolute Gasteiger partial charge is 0.436 e. The number of esters is 1. The van der Waals surface area contributed by atoms with Crippen LogP contribution in [0.4, 0.5) is 13.2 Å². The lowest BCUT2D eigenvalue weighted by Crippen LogP contribution is -2.20. The molecule has 0 amide bonds. The highest BCUT2D eigenvalue weighted by atomic mass is 127. The van der Waals surface area contributed by atoms with Crippen molar-refractivity contribution in [2.24, 2.45) is 0 Å². The third-order valence-corrected chi connectivity index (χ3v) is 3.55. The number of halogens is 4. The van der Waals surface area contributed by atoms with Gasteiger partial charge >= 0.3 is 12.1 Å². The number of nitrogens with zero attached hydrogens (tertiary/aromatic N) is 2. The molecule has 0 aliphatic rings. The highest BCUT2D eigenvalue weighted by Gasteiger charge is 2.38. The van der Waals surface area contributed by atoms with Crippen LogP contribution in [0.5, 0.6) is 0 Å². The molecule has 0 aliphatic carbocycles. The second-order valence-corrected chi connectivity index (χ2v) is 4.47. The van der Waals surface area contributed by atoms with E-state index in [1.807, 2.05) is 0 Å². The second-order valence-electron chi connectivity index (χ2n) is 3.39. The monoisotopic (exact) mass is 362 g/mol. The molecule has 1 rings (SSSR count). The molecule has 0 aliphatic heterocycles. The molecule has 0 N–H and O–H groups in total. The van der Waals surface area contributed by atoms with E-state index in [4.69, 9.17) is 0 Å². The number of ether oxygens (including phenoxy) is 1. The van der Waals surface area contributed by atoms with Crippen LogP contribution in [-0.2, 0) is 15.7 Å². The van der Waals surface area contributed by atoms with E-state index in [1.165, 1.54) is 21.0 Å². The number of rotatable bonds is 2. The second kappa shape index (κ2) is 4.83. The van der Waals surface area contributed by atoms with Gasteiger partial charge < -0.3 is 4.74 Å². The van der Waals surface area contributed by atoms with E-state index in [0.29, 0.717) is 0 Å². The molecule has 1 atom stereocenters. The summed E-state index contributed by atoms with van der Waals surface area (Å²) in [6.07, 6.45) is -4.53. The standard InChI is InChI=1S/C9H10F3IN2O2/c1-4-6(13)7(9(10,11)12)14-15(4)5(2)8(16)17-3/h5H,1-3H3/t5-/m1/s1. The van der Waals surface area contributed by atoms with Crippen LogP contribution in [-0.4, -0.2) is 22.9 Å². The van der Waals surface area contributed by atoms with Crippen LogP contribution in [0.25, 0.3) is 0 Å². The molecule has 1 aromatic heterocycles. The molecule has 8 heteroatoms. The van der Waals surface area contributed by atoms with Crippen molar-refractivity contribution >= 4 is 28.6 Å². The Kier molecular flexibility index (Phi) is 4.05. The largest absolute Gasteiger partial charge is 0.467 e. The summed E-state index contributed by atoms with van der Waals surface area (Å²) in [4.78, 5) is 11.3.